The molecule has 0 spiro atoms. The van der Waals surface area contributed by atoms with Gasteiger partial charge in [0.15, 0.2) is 6.10 Å². The molecule has 0 bridgehead atoms. The van der Waals surface area contributed by atoms with Crippen LogP contribution >= 0.6 is 0 Å². The largest absolute Gasteiger partial charge is 0.464 e. The van der Waals surface area contributed by atoms with Crippen molar-refractivity contribution < 1.29 is 14.3 Å². The molecule has 1 N–H and O–H groups in total. The van der Waals surface area contributed by atoms with Crippen LogP contribution in [0.5, 0.6) is 0 Å². The fourth-order valence-corrected chi connectivity index (χ4v) is 2.03. The fourth-order valence-electron chi connectivity index (χ4n) is 2.03. The quantitative estimate of drug-likeness (QED) is 0.803. The van der Waals surface area contributed by atoms with Crippen LogP contribution in [0.25, 0.3) is 0 Å². The van der Waals surface area contributed by atoms with Crippen molar-refractivity contribution in [3.05, 3.63) is 35.9 Å². The summed E-state index contributed by atoms with van der Waals surface area (Å²) in [6, 6.07) is 10.4. The minimum absolute atomic E-state index is 0.222. The van der Waals surface area contributed by atoms with E-state index in [2.05, 4.69) is 17.4 Å². The molecule has 98 valence electrons. The van der Waals surface area contributed by atoms with Gasteiger partial charge >= 0.3 is 5.97 Å². The van der Waals surface area contributed by atoms with E-state index in [4.69, 9.17) is 9.47 Å². The number of carbonyl (C=O) groups is 1. The summed E-state index contributed by atoms with van der Waals surface area (Å²) in [5, 5.41) is 3.39. The Morgan fingerprint density at radius 2 is 2.22 bits per heavy atom. The van der Waals surface area contributed by atoms with E-state index in [9.17, 15) is 4.79 Å². The first-order valence-corrected chi connectivity index (χ1v) is 6.35. The molecule has 2 unspecified atom stereocenters. The Morgan fingerprint density at radius 1 is 1.44 bits per heavy atom. The average molecular weight is 249 g/mol. The van der Waals surface area contributed by atoms with Gasteiger partial charge in [-0.25, -0.2) is 4.79 Å². The number of carbonyl (C=O) groups excluding carboxylic acids is 1. The lowest BCUT2D eigenvalue weighted by Gasteiger charge is -2.10. The average Bonchev–Trinajstić information content (AvgIpc) is 2.87. The molecule has 18 heavy (non-hydrogen) atoms. The first-order chi connectivity index (χ1) is 8.79. The molecule has 4 heteroatoms. The molecule has 1 aliphatic rings. The van der Waals surface area contributed by atoms with Crippen LogP contribution in [0.4, 0.5) is 0 Å². The molecule has 1 aromatic carbocycles. The second kappa shape index (κ2) is 6.52. The van der Waals surface area contributed by atoms with Crippen LogP contribution in [0.15, 0.2) is 30.3 Å². The molecule has 1 aromatic rings. The van der Waals surface area contributed by atoms with Crippen molar-refractivity contribution in [1.82, 2.24) is 5.32 Å². The van der Waals surface area contributed by atoms with E-state index in [1.807, 2.05) is 18.2 Å². The van der Waals surface area contributed by atoms with E-state index < -0.39 is 6.10 Å². The third kappa shape index (κ3) is 3.55. The second-order valence-corrected chi connectivity index (χ2v) is 4.37. The van der Waals surface area contributed by atoms with Crippen molar-refractivity contribution in [3.63, 3.8) is 0 Å². The third-order valence-electron chi connectivity index (χ3n) is 2.98. The maximum absolute atomic E-state index is 11.5. The van der Waals surface area contributed by atoms with Gasteiger partial charge in [-0.1, -0.05) is 30.3 Å². The van der Waals surface area contributed by atoms with Gasteiger partial charge in [-0.2, -0.15) is 0 Å². The van der Waals surface area contributed by atoms with Crippen molar-refractivity contribution in [2.24, 2.45) is 0 Å². The maximum atomic E-state index is 11.5. The van der Waals surface area contributed by atoms with Gasteiger partial charge in [-0.3, -0.25) is 0 Å². The highest BCUT2D eigenvalue weighted by molar-refractivity contribution is 5.75. The molecule has 1 heterocycles. The van der Waals surface area contributed by atoms with Crippen LogP contribution in [0, 0.1) is 0 Å². The van der Waals surface area contributed by atoms with Crippen molar-refractivity contribution >= 4 is 5.97 Å². The molecular weight excluding hydrogens is 230 g/mol. The number of hydrogen-bond acceptors (Lipinski definition) is 4. The number of hydrogen-bond donors (Lipinski definition) is 1. The van der Waals surface area contributed by atoms with Crippen molar-refractivity contribution in [2.45, 2.75) is 32.0 Å². The van der Waals surface area contributed by atoms with E-state index >= 15 is 0 Å². The Labute approximate surface area is 107 Å². The van der Waals surface area contributed by atoms with Crippen LogP contribution in [-0.2, 0) is 20.8 Å². The Balaban J connectivity index is 1.74. The smallest absolute Gasteiger partial charge is 0.335 e. The van der Waals surface area contributed by atoms with Gasteiger partial charge in [0.1, 0.15) is 0 Å². The highest BCUT2D eigenvalue weighted by Crippen LogP contribution is 2.15. The second-order valence-electron chi connectivity index (χ2n) is 4.37. The van der Waals surface area contributed by atoms with Crippen LogP contribution in [-0.4, -0.2) is 31.3 Å². The molecule has 2 rings (SSSR count). The van der Waals surface area contributed by atoms with Gasteiger partial charge in [0, 0.05) is 19.0 Å². The number of esters is 1. The number of benzene rings is 1. The highest BCUT2D eigenvalue weighted by Gasteiger charge is 2.31. The number of rotatable bonds is 5. The predicted molar refractivity (Wildman–Crippen MR) is 68.1 cm³/mol. The lowest BCUT2D eigenvalue weighted by molar-refractivity contribution is -0.153. The molecular formula is C14H19NO3. The molecule has 0 aliphatic carbocycles. The molecule has 0 amide bonds. The monoisotopic (exact) mass is 249 g/mol. The van der Waals surface area contributed by atoms with E-state index in [0.717, 1.165) is 6.54 Å². The molecule has 0 saturated carbocycles. The molecule has 1 saturated heterocycles. The van der Waals surface area contributed by atoms with Gasteiger partial charge in [0.25, 0.3) is 0 Å². The standard InChI is InChI=1S/C14H19NO3/c1-2-17-14(16)13-8-12(10-18-13)15-9-11-6-4-3-5-7-11/h3-7,12-13,15H,2,8-10H2,1H3. The molecule has 2 atom stereocenters. The molecule has 1 aliphatic heterocycles. The zero-order valence-corrected chi connectivity index (χ0v) is 10.6. The van der Waals surface area contributed by atoms with Crippen LogP contribution in [0.1, 0.15) is 18.9 Å². The summed E-state index contributed by atoms with van der Waals surface area (Å²) in [4.78, 5) is 11.5. The van der Waals surface area contributed by atoms with E-state index in [1.165, 1.54) is 5.56 Å². The summed E-state index contributed by atoms with van der Waals surface area (Å²) in [5.74, 6) is -0.249. The van der Waals surface area contributed by atoms with E-state index in [0.29, 0.717) is 19.6 Å². The fraction of sp³-hybridized carbons (Fsp3) is 0.500. The topological polar surface area (TPSA) is 47.6 Å². The van der Waals surface area contributed by atoms with Crippen molar-refractivity contribution in [2.75, 3.05) is 13.2 Å². The summed E-state index contributed by atoms with van der Waals surface area (Å²) >= 11 is 0. The highest BCUT2D eigenvalue weighted by atomic mass is 16.6. The summed E-state index contributed by atoms with van der Waals surface area (Å²) in [6.07, 6.45) is 0.282. The predicted octanol–water partition coefficient (Wildman–Crippen LogP) is 1.50. The van der Waals surface area contributed by atoms with Gasteiger partial charge < -0.3 is 14.8 Å². The number of nitrogens with one attached hydrogen (secondary N) is 1. The van der Waals surface area contributed by atoms with Crippen LogP contribution < -0.4 is 5.32 Å². The van der Waals surface area contributed by atoms with Gasteiger partial charge in [-0.05, 0) is 12.5 Å². The van der Waals surface area contributed by atoms with Gasteiger partial charge in [0.2, 0.25) is 0 Å². The van der Waals surface area contributed by atoms with E-state index in [1.54, 1.807) is 6.92 Å². The lowest BCUT2D eigenvalue weighted by atomic mass is 10.1. The van der Waals surface area contributed by atoms with Crippen molar-refractivity contribution in [3.8, 4) is 0 Å². The zero-order valence-electron chi connectivity index (χ0n) is 10.6. The summed E-state index contributed by atoms with van der Waals surface area (Å²) in [6.45, 7) is 3.57. The Morgan fingerprint density at radius 3 is 2.94 bits per heavy atom. The van der Waals surface area contributed by atoms with Crippen molar-refractivity contribution in [1.29, 1.82) is 0 Å². The SMILES string of the molecule is CCOC(=O)C1CC(NCc2ccccc2)CO1. The molecule has 0 radical (unpaired) electrons. The summed E-state index contributed by atoms with van der Waals surface area (Å²) < 4.78 is 10.4. The maximum Gasteiger partial charge on any atom is 0.335 e. The first kappa shape index (κ1) is 13.1. The molecule has 0 aromatic heterocycles. The van der Waals surface area contributed by atoms with Gasteiger partial charge in [0.05, 0.1) is 13.2 Å². The van der Waals surface area contributed by atoms with Crippen LogP contribution in [0.3, 0.4) is 0 Å². The molecule has 4 nitrogen and oxygen atoms in total. The minimum Gasteiger partial charge on any atom is -0.464 e. The van der Waals surface area contributed by atoms with Crippen LogP contribution in [0.2, 0.25) is 0 Å². The Bertz CT molecular complexity index is 380. The Kier molecular flexibility index (Phi) is 4.73. The summed E-state index contributed by atoms with van der Waals surface area (Å²) in [7, 11) is 0. The lowest BCUT2D eigenvalue weighted by Crippen LogP contribution is -2.30. The zero-order chi connectivity index (χ0) is 12.8. The third-order valence-corrected chi connectivity index (χ3v) is 2.98. The molecule has 1 fully saturated rings. The van der Waals surface area contributed by atoms with E-state index in [-0.39, 0.29) is 12.0 Å². The summed E-state index contributed by atoms with van der Waals surface area (Å²) in [5.41, 5.74) is 1.23. The first-order valence-electron chi connectivity index (χ1n) is 6.35. The minimum atomic E-state index is -0.404. The Hall–Kier alpha value is -1.39. The van der Waals surface area contributed by atoms with Gasteiger partial charge in [-0.15, -0.1) is 0 Å². The normalized spacial score (nSPS) is 22.9. The number of ether oxygens (including phenoxy) is 2.